The molecule has 0 aliphatic carbocycles. The number of pyridine rings is 1. The van der Waals surface area contributed by atoms with Gasteiger partial charge in [-0.05, 0) is 18.6 Å². The summed E-state index contributed by atoms with van der Waals surface area (Å²) < 4.78 is 1.67. The summed E-state index contributed by atoms with van der Waals surface area (Å²) in [5.74, 6) is -2.01. The van der Waals surface area contributed by atoms with Gasteiger partial charge in [-0.25, -0.2) is 4.98 Å². The van der Waals surface area contributed by atoms with Crippen LogP contribution in [0.1, 0.15) is 29.6 Å². The predicted molar refractivity (Wildman–Crippen MR) is 97.3 cm³/mol. The number of nitrogens with zero attached hydrogens (tertiary/aromatic N) is 3. The first-order valence-corrected chi connectivity index (χ1v) is 8.84. The molecule has 5 N–H and O–H groups in total. The zero-order valence-corrected chi connectivity index (χ0v) is 15.1. The Hall–Kier alpha value is -2.98. The molecule has 2 aromatic heterocycles. The van der Waals surface area contributed by atoms with Crippen molar-refractivity contribution < 1.29 is 29.7 Å². The van der Waals surface area contributed by atoms with E-state index in [9.17, 15) is 24.6 Å². The Morgan fingerprint density at radius 1 is 1.32 bits per heavy atom. The van der Waals surface area contributed by atoms with Gasteiger partial charge >= 0.3 is 5.97 Å². The average Bonchev–Trinajstić information content (AvgIpc) is 3.04. The molecular weight excluding hydrogens is 368 g/mol. The molecule has 2 amide bonds. The van der Waals surface area contributed by atoms with Crippen LogP contribution in [-0.2, 0) is 16.1 Å². The number of aliphatic hydroxyl groups is 2. The second-order valence-corrected chi connectivity index (χ2v) is 7.05. The number of nitrogens with two attached hydrogens (primary N) is 1. The van der Waals surface area contributed by atoms with E-state index in [0.717, 1.165) is 0 Å². The number of carbonyl (C=O) groups is 3. The number of carbonyl (C=O) groups excluding carboxylic acids is 2. The molecule has 0 aromatic carbocycles. The van der Waals surface area contributed by atoms with Gasteiger partial charge in [0, 0.05) is 37.3 Å². The third-order valence-corrected chi connectivity index (χ3v) is 5.06. The lowest BCUT2D eigenvalue weighted by Gasteiger charge is -2.42. The van der Waals surface area contributed by atoms with Gasteiger partial charge < -0.3 is 30.5 Å². The molecule has 1 aliphatic heterocycles. The summed E-state index contributed by atoms with van der Waals surface area (Å²) in [5.41, 5.74) is 4.59. The second kappa shape index (κ2) is 7.56. The van der Waals surface area contributed by atoms with E-state index in [2.05, 4.69) is 4.98 Å². The minimum absolute atomic E-state index is 0.0533. The van der Waals surface area contributed by atoms with Crippen molar-refractivity contribution in [2.24, 2.45) is 5.73 Å². The highest BCUT2D eigenvalue weighted by Gasteiger charge is 2.42. The van der Waals surface area contributed by atoms with E-state index in [-0.39, 0.29) is 50.4 Å². The normalized spacial score (nSPS) is 22.4. The summed E-state index contributed by atoms with van der Waals surface area (Å²) in [7, 11) is 0. The van der Waals surface area contributed by atoms with Crippen LogP contribution in [0.25, 0.3) is 11.0 Å². The Morgan fingerprint density at radius 3 is 2.71 bits per heavy atom. The van der Waals surface area contributed by atoms with Gasteiger partial charge in [-0.2, -0.15) is 0 Å². The van der Waals surface area contributed by atoms with Gasteiger partial charge in [0.1, 0.15) is 17.4 Å². The van der Waals surface area contributed by atoms with Crippen molar-refractivity contribution in [1.29, 1.82) is 0 Å². The van der Waals surface area contributed by atoms with Crippen LogP contribution >= 0.6 is 0 Å². The lowest BCUT2D eigenvalue weighted by atomic mass is 9.88. The molecule has 10 nitrogen and oxygen atoms in total. The molecule has 1 aliphatic rings. The number of fused-ring (bicyclic) bond motifs is 1. The summed E-state index contributed by atoms with van der Waals surface area (Å²) in [5, 5.41) is 30.7. The molecular formula is C18H22N4O6. The highest BCUT2D eigenvalue weighted by atomic mass is 16.4. The third-order valence-electron chi connectivity index (χ3n) is 5.06. The van der Waals surface area contributed by atoms with Crippen LogP contribution in [0.4, 0.5) is 0 Å². The molecule has 3 heterocycles. The first-order valence-electron chi connectivity index (χ1n) is 8.84. The van der Waals surface area contributed by atoms with Crippen molar-refractivity contribution in [2.75, 3.05) is 13.1 Å². The zero-order chi connectivity index (χ0) is 20.5. The molecule has 2 atom stereocenters. The third kappa shape index (κ3) is 3.97. The largest absolute Gasteiger partial charge is 0.481 e. The van der Waals surface area contributed by atoms with Gasteiger partial charge in [0.15, 0.2) is 0 Å². The monoisotopic (exact) mass is 390 g/mol. The van der Waals surface area contributed by atoms with Gasteiger partial charge in [0.25, 0.3) is 0 Å². The lowest BCUT2D eigenvalue weighted by molar-refractivity contribution is -0.153. The highest BCUT2D eigenvalue weighted by Crippen LogP contribution is 2.27. The number of aliphatic carboxylic acids is 1. The summed E-state index contributed by atoms with van der Waals surface area (Å²) in [6.45, 7) is 0.190. The van der Waals surface area contributed by atoms with Crippen LogP contribution in [0.3, 0.4) is 0 Å². The van der Waals surface area contributed by atoms with Gasteiger partial charge in [-0.1, -0.05) is 0 Å². The van der Waals surface area contributed by atoms with Crippen LogP contribution < -0.4 is 5.73 Å². The number of piperidine rings is 1. The number of likely N-dealkylation sites (tertiary alicyclic amines) is 1. The number of amides is 2. The predicted octanol–water partition coefficient (Wildman–Crippen LogP) is -0.676. The number of aliphatic hydroxyl groups excluding tert-OH is 1. The molecule has 0 spiro atoms. The molecule has 1 fully saturated rings. The SMILES string of the molecule is NC(=O)c1cnc2c(ccn2C[C@]2(O)CCN(C(=O)CCC(=O)O)C[C@H]2O)c1. The lowest BCUT2D eigenvalue weighted by Crippen LogP contribution is -2.58. The quantitative estimate of drug-likeness (QED) is 0.509. The van der Waals surface area contributed by atoms with Gasteiger partial charge in [-0.3, -0.25) is 14.4 Å². The van der Waals surface area contributed by atoms with Crippen LogP contribution in [-0.4, -0.2) is 72.3 Å². The van der Waals surface area contributed by atoms with Crippen molar-refractivity contribution in [3.63, 3.8) is 0 Å². The Morgan fingerprint density at radius 2 is 2.07 bits per heavy atom. The number of carboxylic acid groups (broad SMARTS) is 1. The second-order valence-electron chi connectivity index (χ2n) is 7.05. The number of rotatable bonds is 6. The van der Waals surface area contributed by atoms with Crippen molar-refractivity contribution in [1.82, 2.24) is 14.5 Å². The number of hydrogen-bond donors (Lipinski definition) is 4. The van der Waals surface area contributed by atoms with Gasteiger partial charge in [0.2, 0.25) is 11.8 Å². The van der Waals surface area contributed by atoms with E-state index in [0.29, 0.717) is 11.0 Å². The smallest absolute Gasteiger partial charge is 0.303 e. The van der Waals surface area contributed by atoms with E-state index in [1.807, 2.05) is 0 Å². The fourth-order valence-corrected chi connectivity index (χ4v) is 3.38. The van der Waals surface area contributed by atoms with E-state index < -0.39 is 23.6 Å². The molecule has 2 aromatic rings. The van der Waals surface area contributed by atoms with Gasteiger partial charge in [-0.15, -0.1) is 0 Å². The Bertz CT molecular complexity index is 926. The summed E-state index contributed by atoms with van der Waals surface area (Å²) in [6.07, 6.45) is 1.56. The number of β-amino-alcohol motifs (C(OH)–C–C–N with tert-alkyl or cyclic N) is 1. The summed E-state index contributed by atoms with van der Waals surface area (Å²) >= 11 is 0. The number of aromatic nitrogens is 2. The number of carboxylic acids is 1. The Balaban J connectivity index is 1.71. The topological polar surface area (TPSA) is 159 Å². The van der Waals surface area contributed by atoms with E-state index in [1.165, 1.54) is 11.1 Å². The molecule has 0 unspecified atom stereocenters. The van der Waals surface area contributed by atoms with Crippen molar-refractivity contribution in [3.8, 4) is 0 Å². The molecule has 0 radical (unpaired) electrons. The Labute approximate surface area is 160 Å². The van der Waals surface area contributed by atoms with Crippen molar-refractivity contribution in [3.05, 3.63) is 30.1 Å². The van der Waals surface area contributed by atoms with E-state index >= 15 is 0 Å². The standard InChI is InChI=1S/C18H22N4O6/c19-16(27)12-7-11-3-5-22(17(11)20-8-12)10-18(28)4-6-21(9-13(18)23)14(24)1-2-15(25)26/h3,5,7-8,13,23,28H,1-2,4,6,9-10H2,(H2,19,27)(H,25,26)/t13-,18-/m1/s1. The highest BCUT2D eigenvalue weighted by molar-refractivity contribution is 5.95. The molecule has 28 heavy (non-hydrogen) atoms. The average molecular weight is 390 g/mol. The number of hydrogen-bond acceptors (Lipinski definition) is 6. The first kappa shape index (κ1) is 19.8. The van der Waals surface area contributed by atoms with Crippen LogP contribution in [0.15, 0.2) is 24.5 Å². The van der Waals surface area contributed by atoms with Crippen LogP contribution in [0.5, 0.6) is 0 Å². The fourth-order valence-electron chi connectivity index (χ4n) is 3.38. The van der Waals surface area contributed by atoms with Crippen molar-refractivity contribution in [2.45, 2.75) is 37.5 Å². The van der Waals surface area contributed by atoms with Gasteiger partial charge in [0.05, 0.1) is 18.5 Å². The van der Waals surface area contributed by atoms with E-state index in [4.69, 9.17) is 10.8 Å². The maximum Gasteiger partial charge on any atom is 0.303 e. The minimum Gasteiger partial charge on any atom is -0.481 e. The van der Waals surface area contributed by atoms with Crippen LogP contribution in [0.2, 0.25) is 0 Å². The maximum atomic E-state index is 12.1. The fraction of sp³-hybridized carbons (Fsp3) is 0.444. The maximum absolute atomic E-state index is 12.1. The molecule has 0 bridgehead atoms. The Kier molecular flexibility index (Phi) is 5.34. The van der Waals surface area contributed by atoms with Crippen LogP contribution in [0, 0.1) is 0 Å². The molecule has 0 saturated carbocycles. The van der Waals surface area contributed by atoms with Crippen molar-refractivity contribution >= 4 is 28.8 Å². The summed E-state index contributed by atoms with van der Waals surface area (Å²) in [6, 6.07) is 3.33. The molecule has 3 rings (SSSR count). The zero-order valence-electron chi connectivity index (χ0n) is 15.1. The molecule has 10 heteroatoms. The minimum atomic E-state index is -1.47. The molecule has 150 valence electrons. The summed E-state index contributed by atoms with van der Waals surface area (Å²) in [4.78, 5) is 39.5. The number of primary amides is 1. The first-order chi connectivity index (χ1) is 13.2. The molecule has 1 saturated heterocycles. The van der Waals surface area contributed by atoms with E-state index in [1.54, 1.807) is 22.9 Å².